The Labute approximate surface area is 174 Å². The normalized spacial score (nSPS) is 23.6. The molecule has 2 unspecified atom stereocenters. The van der Waals surface area contributed by atoms with E-state index in [0.717, 1.165) is 44.0 Å². The number of nitrogens with two attached hydrogens (primary N) is 1. The van der Waals surface area contributed by atoms with Crippen molar-refractivity contribution in [2.45, 2.75) is 39.7 Å². The minimum atomic E-state index is 0. The summed E-state index contributed by atoms with van der Waals surface area (Å²) in [6, 6.07) is 6.31. The zero-order valence-corrected chi connectivity index (χ0v) is 18.3. The fourth-order valence-electron chi connectivity index (χ4n) is 3.51. The summed E-state index contributed by atoms with van der Waals surface area (Å²) in [7, 11) is 0. The van der Waals surface area contributed by atoms with E-state index in [-0.39, 0.29) is 24.0 Å². The highest BCUT2D eigenvalue weighted by Gasteiger charge is 2.19. The lowest BCUT2D eigenvalue weighted by molar-refractivity contribution is 0.166. The topological polar surface area (TPSA) is 60.1 Å². The highest BCUT2D eigenvalue weighted by molar-refractivity contribution is 14.0. The van der Waals surface area contributed by atoms with Gasteiger partial charge in [-0.15, -0.1) is 24.0 Å². The first-order valence-corrected chi connectivity index (χ1v) is 9.46. The van der Waals surface area contributed by atoms with Crippen molar-refractivity contribution < 1.29 is 9.47 Å². The van der Waals surface area contributed by atoms with E-state index in [4.69, 9.17) is 15.2 Å². The molecule has 2 atom stereocenters. The number of rotatable bonds is 5. The molecule has 0 aliphatic carbocycles. The van der Waals surface area contributed by atoms with Crippen molar-refractivity contribution in [2.75, 3.05) is 32.9 Å². The van der Waals surface area contributed by atoms with Gasteiger partial charge in [0.15, 0.2) is 5.96 Å². The molecule has 0 amide bonds. The summed E-state index contributed by atoms with van der Waals surface area (Å²) in [5, 5.41) is 0. The molecule has 26 heavy (non-hydrogen) atoms. The van der Waals surface area contributed by atoms with Gasteiger partial charge in [0.1, 0.15) is 5.75 Å². The number of ether oxygens (including phenoxy) is 2. The van der Waals surface area contributed by atoms with Crippen LogP contribution in [0.1, 0.15) is 37.3 Å². The lowest BCUT2D eigenvalue weighted by atomic mass is 10.0. The largest absolute Gasteiger partial charge is 0.493 e. The number of piperidine rings is 1. The van der Waals surface area contributed by atoms with Gasteiger partial charge in [-0.1, -0.05) is 19.1 Å². The summed E-state index contributed by atoms with van der Waals surface area (Å²) in [5.74, 6) is 2.77. The molecule has 2 heterocycles. The zero-order chi connectivity index (χ0) is 17.6. The highest BCUT2D eigenvalue weighted by Crippen LogP contribution is 2.24. The van der Waals surface area contributed by atoms with Crippen LogP contribution in [0.15, 0.2) is 23.2 Å². The Hall–Kier alpha value is -1.02. The summed E-state index contributed by atoms with van der Waals surface area (Å²) >= 11 is 0. The summed E-state index contributed by atoms with van der Waals surface area (Å²) in [6.07, 6.45) is 3.56. The maximum Gasteiger partial charge on any atom is 0.191 e. The first kappa shape index (κ1) is 21.3. The smallest absolute Gasteiger partial charge is 0.191 e. The van der Waals surface area contributed by atoms with E-state index in [1.807, 2.05) is 0 Å². The van der Waals surface area contributed by atoms with Gasteiger partial charge in [0.25, 0.3) is 0 Å². The summed E-state index contributed by atoms with van der Waals surface area (Å²) in [6.45, 7) is 9.31. The zero-order valence-electron chi connectivity index (χ0n) is 15.9. The van der Waals surface area contributed by atoms with Crippen molar-refractivity contribution in [1.82, 2.24) is 4.90 Å². The van der Waals surface area contributed by atoms with Gasteiger partial charge in [0.05, 0.1) is 19.8 Å². The Morgan fingerprint density at radius 2 is 2.23 bits per heavy atom. The van der Waals surface area contributed by atoms with Gasteiger partial charge < -0.3 is 20.1 Å². The summed E-state index contributed by atoms with van der Waals surface area (Å²) in [5.41, 5.74) is 8.52. The molecular formula is C20H32IN3O2. The lowest BCUT2D eigenvalue weighted by Gasteiger charge is -2.31. The van der Waals surface area contributed by atoms with E-state index >= 15 is 0 Å². The number of halogens is 1. The average Bonchev–Trinajstić information content (AvgIpc) is 3.12. The number of aryl methyl sites for hydroxylation is 1. The van der Waals surface area contributed by atoms with E-state index in [9.17, 15) is 0 Å². The van der Waals surface area contributed by atoms with Gasteiger partial charge in [-0.3, -0.25) is 0 Å². The Morgan fingerprint density at radius 1 is 1.38 bits per heavy atom. The lowest BCUT2D eigenvalue weighted by Crippen LogP contribution is -2.43. The molecule has 0 radical (unpaired) electrons. The molecule has 2 saturated heterocycles. The number of likely N-dealkylation sites (tertiary alicyclic amines) is 1. The maximum absolute atomic E-state index is 6.23. The first-order chi connectivity index (χ1) is 12.1. The number of hydrogen-bond donors (Lipinski definition) is 1. The summed E-state index contributed by atoms with van der Waals surface area (Å²) < 4.78 is 11.5. The van der Waals surface area contributed by atoms with Crippen LogP contribution in [0.25, 0.3) is 0 Å². The Balaban J connectivity index is 0.00000243. The maximum atomic E-state index is 6.23. The molecule has 2 N–H and O–H groups in total. The molecule has 5 nitrogen and oxygen atoms in total. The fraction of sp³-hybridized carbons (Fsp3) is 0.650. The van der Waals surface area contributed by atoms with Crippen LogP contribution in [-0.2, 0) is 11.3 Å². The molecule has 1 aromatic carbocycles. The molecule has 0 saturated carbocycles. The molecule has 1 aromatic rings. The van der Waals surface area contributed by atoms with E-state index in [0.29, 0.717) is 30.9 Å². The predicted molar refractivity (Wildman–Crippen MR) is 116 cm³/mol. The molecule has 2 fully saturated rings. The fourth-order valence-corrected chi connectivity index (χ4v) is 3.51. The third kappa shape index (κ3) is 6.01. The van der Waals surface area contributed by atoms with Crippen LogP contribution in [-0.4, -0.2) is 43.8 Å². The SMILES string of the molecule is Cc1ccc(CN=C(N)N2CCCC(C)C2)c(OCC2CCOC2)c1.I. The van der Waals surface area contributed by atoms with E-state index in [2.05, 4.69) is 41.9 Å². The van der Waals surface area contributed by atoms with Crippen molar-refractivity contribution in [3.8, 4) is 5.75 Å². The minimum absolute atomic E-state index is 0. The molecule has 0 bridgehead atoms. The van der Waals surface area contributed by atoms with E-state index in [1.54, 1.807) is 0 Å². The number of benzene rings is 1. The molecule has 2 aliphatic heterocycles. The van der Waals surface area contributed by atoms with Crippen LogP contribution in [0.2, 0.25) is 0 Å². The standard InChI is InChI=1S/C20H31N3O2.HI/c1-15-5-6-18(19(10-15)25-14-17-7-9-24-13-17)11-22-20(21)23-8-3-4-16(2)12-23;/h5-6,10,16-17H,3-4,7-9,11-14H2,1-2H3,(H2,21,22);1H. The second kappa shape index (κ2) is 10.3. The quantitative estimate of drug-likeness (QED) is 0.404. The molecule has 0 spiro atoms. The van der Waals surface area contributed by atoms with Gasteiger partial charge in [-0.2, -0.15) is 0 Å². The average molecular weight is 473 g/mol. The Morgan fingerprint density at radius 3 is 2.96 bits per heavy atom. The van der Waals surface area contributed by atoms with Gasteiger partial charge in [-0.25, -0.2) is 4.99 Å². The van der Waals surface area contributed by atoms with Crippen LogP contribution in [0.3, 0.4) is 0 Å². The Kier molecular flexibility index (Phi) is 8.47. The van der Waals surface area contributed by atoms with Crippen LogP contribution in [0.4, 0.5) is 0 Å². The molecule has 0 aromatic heterocycles. The van der Waals surface area contributed by atoms with Crippen molar-refractivity contribution >= 4 is 29.9 Å². The monoisotopic (exact) mass is 473 g/mol. The molecular weight excluding hydrogens is 441 g/mol. The number of hydrogen-bond acceptors (Lipinski definition) is 3. The number of nitrogens with zero attached hydrogens (tertiary/aromatic N) is 2. The molecule has 146 valence electrons. The van der Waals surface area contributed by atoms with Crippen LogP contribution >= 0.6 is 24.0 Å². The van der Waals surface area contributed by atoms with E-state index < -0.39 is 0 Å². The van der Waals surface area contributed by atoms with Crippen molar-refractivity contribution in [3.05, 3.63) is 29.3 Å². The predicted octanol–water partition coefficient (Wildman–Crippen LogP) is 3.57. The van der Waals surface area contributed by atoms with Gasteiger partial charge in [-0.05, 0) is 43.7 Å². The molecule has 6 heteroatoms. The van der Waals surface area contributed by atoms with E-state index in [1.165, 1.54) is 18.4 Å². The number of aliphatic imine (C=N–C) groups is 1. The summed E-state index contributed by atoms with van der Waals surface area (Å²) in [4.78, 5) is 6.85. The van der Waals surface area contributed by atoms with Gasteiger partial charge >= 0.3 is 0 Å². The highest BCUT2D eigenvalue weighted by atomic mass is 127. The minimum Gasteiger partial charge on any atom is -0.493 e. The third-order valence-electron chi connectivity index (χ3n) is 5.11. The van der Waals surface area contributed by atoms with Crippen molar-refractivity contribution in [2.24, 2.45) is 22.6 Å². The number of guanidine groups is 1. The van der Waals surface area contributed by atoms with Crippen LogP contribution in [0, 0.1) is 18.8 Å². The van der Waals surface area contributed by atoms with Crippen LogP contribution in [0.5, 0.6) is 5.75 Å². The van der Waals surface area contributed by atoms with Gasteiger partial charge in [0.2, 0.25) is 0 Å². The first-order valence-electron chi connectivity index (χ1n) is 9.46. The Bertz CT molecular complexity index is 603. The third-order valence-corrected chi connectivity index (χ3v) is 5.11. The second-order valence-corrected chi connectivity index (χ2v) is 7.52. The second-order valence-electron chi connectivity index (χ2n) is 7.52. The molecule has 2 aliphatic rings. The van der Waals surface area contributed by atoms with Gasteiger partial charge in [0, 0.05) is 31.2 Å². The molecule has 3 rings (SSSR count). The van der Waals surface area contributed by atoms with Crippen LogP contribution < -0.4 is 10.5 Å². The van der Waals surface area contributed by atoms with Crippen molar-refractivity contribution in [1.29, 1.82) is 0 Å². The van der Waals surface area contributed by atoms with Crippen molar-refractivity contribution in [3.63, 3.8) is 0 Å².